The van der Waals surface area contributed by atoms with E-state index in [0.717, 1.165) is 10.7 Å². The van der Waals surface area contributed by atoms with Crippen molar-refractivity contribution in [1.29, 1.82) is 0 Å². The molecule has 2 aromatic heterocycles. The van der Waals surface area contributed by atoms with Gasteiger partial charge in [0.05, 0.1) is 12.1 Å². The maximum absolute atomic E-state index is 11.8. The first-order valence-corrected chi connectivity index (χ1v) is 7.02. The SMILES string of the molecule is COc1ccc(C)nc1NC(=O)NCCc1nccs1. The highest BCUT2D eigenvalue weighted by molar-refractivity contribution is 7.09. The summed E-state index contributed by atoms with van der Waals surface area (Å²) in [5.74, 6) is 0.949. The van der Waals surface area contributed by atoms with E-state index in [1.165, 1.54) is 7.11 Å². The fourth-order valence-electron chi connectivity index (χ4n) is 1.61. The first kappa shape index (κ1) is 14.3. The summed E-state index contributed by atoms with van der Waals surface area (Å²) in [5.41, 5.74) is 0.809. The predicted octanol–water partition coefficient (Wildman–Crippen LogP) is 2.22. The van der Waals surface area contributed by atoms with Crippen molar-refractivity contribution in [2.75, 3.05) is 19.0 Å². The fourth-order valence-corrected chi connectivity index (χ4v) is 2.23. The number of thiazole rings is 1. The Kier molecular flexibility index (Phi) is 4.89. The van der Waals surface area contributed by atoms with Gasteiger partial charge in [0, 0.05) is 30.2 Å². The zero-order valence-corrected chi connectivity index (χ0v) is 12.2. The Morgan fingerprint density at radius 3 is 3.00 bits per heavy atom. The molecule has 106 valence electrons. The topological polar surface area (TPSA) is 76.1 Å². The highest BCUT2D eigenvalue weighted by Gasteiger charge is 2.08. The molecule has 2 heterocycles. The number of methoxy groups -OCH3 is 1. The summed E-state index contributed by atoms with van der Waals surface area (Å²) in [6.45, 7) is 2.37. The summed E-state index contributed by atoms with van der Waals surface area (Å²) in [5, 5.41) is 8.35. The molecule has 0 aromatic carbocycles. The molecule has 2 aromatic rings. The summed E-state index contributed by atoms with van der Waals surface area (Å²) in [7, 11) is 1.54. The molecule has 7 heteroatoms. The van der Waals surface area contributed by atoms with E-state index >= 15 is 0 Å². The van der Waals surface area contributed by atoms with Gasteiger partial charge in [-0.1, -0.05) is 0 Å². The van der Waals surface area contributed by atoms with E-state index in [-0.39, 0.29) is 6.03 Å². The zero-order chi connectivity index (χ0) is 14.4. The first-order chi connectivity index (χ1) is 9.69. The van der Waals surface area contributed by atoms with Gasteiger partial charge in [-0.3, -0.25) is 5.32 Å². The summed E-state index contributed by atoms with van der Waals surface area (Å²) < 4.78 is 5.15. The van der Waals surface area contributed by atoms with Crippen LogP contribution in [-0.4, -0.2) is 29.7 Å². The number of rotatable bonds is 5. The molecule has 0 aliphatic carbocycles. The normalized spacial score (nSPS) is 10.1. The molecule has 0 atom stereocenters. The number of aryl methyl sites for hydroxylation is 1. The van der Waals surface area contributed by atoms with Crippen molar-refractivity contribution in [2.24, 2.45) is 0 Å². The lowest BCUT2D eigenvalue weighted by atomic mass is 10.3. The molecule has 0 saturated carbocycles. The highest BCUT2D eigenvalue weighted by Crippen LogP contribution is 2.21. The molecule has 2 amide bonds. The molecule has 0 aliphatic rings. The Morgan fingerprint density at radius 2 is 2.30 bits per heavy atom. The molecule has 20 heavy (non-hydrogen) atoms. The Morgan fingerprint density at radius 1 is 1.45 bits per heavy atom. The van der Waals surface area contributed by atoms with Crippen LogP contribution in [0.4, 0.5) is 10.6 Å². The maximum atomic E-state index is 11.8. The van der Waals surface area contributed by atoms with E-state index in [9.17, 15) is 4.79 Å². The van der Waals surface area contributed by atoms with Crippen LogP contribution in [0.2, 0.25) is 0 Å². The monoisotopic (exact) mass is 292 g/mol. The zero-order valence-electron chi connectivity index (χ0n) is 11.3. The summed E-state index contributed by atoms with van der Waals surface area (Å²) in [6.07, 6.45) is 2.46. The number of anilines is 1. The van der Waals surface area contributed by atoms with E-state index in [4.69, 9.17) is 4.74 Å². The molecule has 0 spiro atoms. The molecule has 0 aliphatic heterocycles. The van der Waals surface area contributed by atoms with Crippen molar-refractivity contribution in [3.8, 4) is 5.75 Å². The highest BCUT2D eigenvalue weighted by atomic mass is 32.1. The number of pyridine rings is 1. The number of hydrogen-bond acceptors (Lipinski definition) is 5. The van der Waals surface area contributed by atoms with Gasteiger partial charge in [0.25, 0.3) is 0 Å². The molecule has 6 nitrogen and oxygen atoms in total. The van der Waals surface area contributed by atoms with Crippen LogP contribution in [0.5, 0.6) is 5.75 Å². The largest absolute Gasteiger partial charge is 0.493 e. The van der Waals surface area contributed by atoms with Crippen molar-refractivity contribution in [3.63, 3.8) is 0 Å². The summed E-state index contributed by atoms with van der Waals surface area (Å²) >= 11 is 1.57. The average Bonchev–Trinajstić information content (AvgIpc) is 2.92. The number of nitrogens with zero attached hydrogens (tertiary/aromatic N) is 2. The fraction of sp³-hybridized carbons (Fsp3) is 0.308. The maximum Gasteiger partial charge on any atom is 0.320 e. The Labute approximate surface area is 121 Å². The van der Waals surface area contributed by atoms with Crippen LogP contribution >= 0.6 is 11.3 Å². The number of ether oxygens (including phenoxy) is 1. The van der Waals surface area contributed by atoms with Gasteiger partial charge in [-0.25, -0.2) is 14.8 Å². The minimum Gasteiger partial charge on any atom is -0.493 e. The second kappa shape index (κ2) is 6.85. The van der Waals surface area contributed by atoms with E-state index in [2.05, 4.69) is 20.6 Å². The van der Waals surface area contributed by atoms with Gasteiger partial charge < -0.3 is 10.1 Å². The molecular formula is C13H16N4O2S. The van der Waals surface area contributed by atoms with E-state index < -0.39 is 0 Å². The van der Waals surface area contributed by atoms with Gasteiger partial charge in [0.15, 0.2) is 11.6 Å². The molecule has 2 rings (SSSR count). The minimum atomic E-state index is -0.307. The van der Waals surface area contributed by atoms with Gasteiger partial charge in [0.2, 0.25) is 0 Å². The smallest absolute Gasteiger partial charge is 0.320 e. The van der Waals surface area contributed by atoms with Crippen LogP contribution in [0.1, 0.15) is 10.7 Å². The molecule has 2 N–H and O–H groups in total. The van der Waals surface area contributed by atoms with Gasteiger partial charge in [0.1, 0.15) is 0 Å². The van der Waals surface area contributed by atoms with Crippen molar-refractivity contribution in [2.45, 2.75) is 13.3 Å². The molecule has 0 unspecified atom stereocenters. The number of carbonyl (C=O) groups is 1. The molecule has 0 radical (unpaired) electrons. The van der Waals surface area contributed by atoms with Crippen LogP contribution in [0.15, 0.2) is 23.7 Å². The van der Waals surface area contributed by atoms with E-state index in [1.807, 2.05) is 18.4 Å². The second-order valence-electron chi connectivity index (χ2n) is 4.06. The quantitative estimate of drug-likeness (QED) is 0.886. The van der Waals surface area contributed by atoms with Crippen LogP contribution in [0.25, 0.3) is 0 Å². The third kappa shape index (κ3) is 3.92. The third-order valence-corrected chi connectivity index (χ3v) is 3.40. The van der Waals surface area contributed by atoms with Gasteiger partial charge in [-0.2, -0.15) is 0 Å². The lowest BCUT2D eigenvalue weighted by molar-refractivity contribution is 0.252. The number of nitrogens with one attached hydrogen (secondary N) is 2. The standard InChI is InChI=1S/C13H16N4O2S/c1-9-3-4-10(19-2)12(16-9)17-13(18)15-6-5-11-14-7-8-20-11/h3-4,7-8H,5-6H2,1-2H3,(H2,15,16,17,18). The van der Waals surface area contributed by atoms with Gasteiger partial charge in [-0.05, 0) is 19.1 Å². The predicted molar refractivity (Wildman–Crippen MR) is 78.4 cm³/mol. The van der Waals surface area contributed by atoms with Crippen molar-refractivity contribution < 1.29 is 9.53 Å². The second-order valence-corrected chi connectivity index (χ2v) is 5.04. The van der Waals surface area contributed by atoms with E-state index in [0.29, 0.717) is 24.5 Å². The number of amides is 2. The minimum absolute atomic E-state index is 0.307. The van der Waals surface area contributed by atoms with Crippen molar-refractivity contribution in [1.82, 2.24) is 15.3 Å². The van der Waals surface area contributed by atoms with Crippen LogP contribution in [0.3, 0.4) is 0 Å². The van der Waals surface area contributed by atoms with Crippen molar-refractivity contribution >= 4 is 23.2 Å². The lowest BCUT2D eigenvalue weighted by Gasteiger charge is -2.10. The number of urea groups is 1. The molecule has 0 fully saturated rings. The molecule has 0 saturated heterocycles. The Balaban J connectivity index is 1.86. The molecule has 0 bridgehead atoms. The van der Waals surface area contributed by atoms with Crippen molar-refractivity contribution in [3.05, 3.63) is 34.4 Å². The van der Waals surface area contributed by atoms with Gasteiger partial charge in [-0.15, -0.1) is 11.3 Å². The molecular weight excluding hydrogens is 276 g/mol. The third-order valence-electron chi connectivity index (χ3n) is 2.56. The lowest BCUT2D eigenvalue weighted by Crippen LogP contribution is -2.31. The average molecular weight is 292 g/mol. The van der Waals surface area contributed by atoms with Gasteiger partial charge >= 0.3 is 6.03 Å². The first-order valence-electron chi connectivity index (χ1n) is 6.14. The Hall–Kier alpha value is -2.15. The summed E-state index contributed by atoms with van der Waals surface area (Å²) in [4.78, 5) is 20.2. The van der Waals surface area contributed by atoms with Crippen LogP contribution in [0, 0.1) is 6.92 Å². The number of hydrogen-bond donors (Lipinski definition) is 2. The number of aromatic nitrogens is 2. The van der Waals surface area contributed by atoms with Crippen LogP contribution in [-0.2, 0) is 6.42 Å². The Bertz CT molecular complexity index is 572. The van der Waals surface area contributed by atoms with E-state index in [1.54, 1.807) is 23.6 Å². The number of carbonyl (C=O) groups excluding carboxylic acids is 1. The summed E-state index contributed by atoms with van der Waals surface area (Å²) in [6, 6.07) is 3.29. The van der Waals surface area contributed by atoms with Crippen LogP contribution < -0.4 is 15.4 Å².